The minimum absolute atomic E-state index is 0.320. The van der Waals surface area contributed by atoms with Crippen LogP contribution in [0.1, 0.15) is 47.9 Å². The molecule has 148 valence electrons. The molecule has 1 atom stereocenters. The summed E-state index contributed by atoms with van der Waals surface area (Å²) in [4.78, 5) is 14.6. The molecule has 5 nitrogen and oxygen atoms in total. The van der Waals surface area contributed by atoms with Crippen LogP contribution in [-0.4, -0.2) is 53.6 Å². The van der Waals surface area contributed by atoms with Crippen LogP contribution in [0, 0.1) is 0 Å². The summed E-state index contributed by atoms with van der Waals surface area (Å²) >= 11 is 0. The number of methoxy groups -OCH3 is 1. The van der Waals surface area contributed by atoms with E-state index < -0.39 is 0 Å². The van der Waals surface area contributed by atoms with E-state index >= 15 is 0 Å². The van der Waals surface area contributed by atoms with Crippen LogP contribution in [0.4, 0.5) is 0 Å². The molecule has 0 radical (unpaired) electrons. The minimum Gasteiger partial charge on any atom is -0.496 e. The number of fused-ring (bicyclic) bond motifs is 1. The highest BCUT2D eigenvalue weighted by atomic mass is 16.5. The van der Waals surface area contributed by atoms with Gasteiger partial charge in [-0.25, -0.2) is 9.97 Å². The molecule has 1 aromatic heterocycles. The van der Waals surface area contributed by atoms with Gasteiger partial charge in [-0.05, 0) is 32.5 Å². The first-order valence-corrected chi connectivity index (χ1v) is 10.3. The molecule has 0 saturated carbocycles. The van der Waals surface area contributed by atoms with Gasteiger partial charge in [-0.1, -0.05) is 36.8 Å². The maximum atomic E-state index is 5.45. The highest BCUT2D eigenvalue weighted by Crippen LogP contribution is 2.30. The number of likely N-dealkylation sites (N-methyl/N-ethyl adjacent to an activating group) is 1. The molecule has 3 heterocycles. The lowest BCUT2D eigenvalue weighted by molar-refractivity contribution is 0.158. The molecule has 0 N–H and O–H groups in total. The maximum absolute atomic E-state index is 5.45. The monoisotopic (exact) mass is 378 g/mol. The molecule has 0 aliphatic carbocycles. The van der Waals surface area contributed by atoms with E-state index in [0.29, 0.717) is 6.04 Å². The van der Waals surface area contributed by atoms with Gasteiger partial charge in [0.2, 0.25) is 0 Å². The van der Waals surface area contributed by atoms with Crippen LogP contribution in [0.3, 0.4) is 0 Å². The molecular formula is C23H30N4O. The largest absolute Gasteiger partial charge is 0.496 e. The fraction of sp³-hybridized carbons (Fsp3) is 0.478. The Morgan fingerprint density at radius 2 is 2.11 bits per heavy atom. The van der Waals surface area contributed by atoms with Crippen molar-refractivity contribution in [3.8, 4) is 5.75 Å². The molecule has 0 spiro atoms. The summed E-state index contributed by atoms with van der Waals surface area (Å²) in [5, 5.41) is 0. The zero-order chi connectivity index (χ0) is 19.3. The lowest BCUT2D eigenvalue weighted by Gasteiger charge is -2.34. The standard InChI is InChI=1S/C23H30N4O/c1-26-15-12-20-19(17-26)16-24-23(25-20)21-10-5-6-13-27(21)14-7-9-18-8-3-4-11-22(18)28-2/h3-4,7-9,11,16,21H,5-6,10,12-15,17H2,1-2H3/b9-7+/t21-/m0/s1. The van der Waals surface area contributed by atoms with Gasteiger partial charge in [0.15, 0.2) is 0 Å². The van der Waals surface area contributed by atoms with Crippen molar-refractivity contribution in [2.24, 2.45) is 0 Å². The van der Waals surface area contributed by atoms with Crippen molar-refractivity contribution in [1.82, 2.24) is 19.8 Å². The molecule has 0 bridgehead atoms. The maximum Gasteiger partial charge on any atom is 0.145 e. The summed E-state index contributed by atoms with van der Waals surface area (Å²) in [5.74, 6) is 1.92. The summed E-state index contributed by atoms with van der Waals surface area (Å²) in [6.45, 7) is 4.06. The Hall–Kier alpha value is -2.24. The number of aromatic nitrogens is 2. The molecule has 1 saturated heterocycles. The van der Waals surface area contributed by atoms with E-state index in [-0.39, 0.29) is 0 Å². The molecule has 1 aromatic carbocycles. The number of benzene rings is 1. The average molecular weight is 379 g/mol. The number of nitrogens with zero attached hydrogens (tertiary/aromatic N) is 4. The SMILES string of the molecule is COc1ccccc1/C=C/CN1CCCC[C@H]1c1ncc2c(n1)CCN(C)C2. The predicted octanol–water partition coefficient (Wildman–Crippen LogP) is 3.71. The summed E-state index contributed by atoms with van der Waals surface area (Å²) in [6, 6.07) is 8.46. The molecule has 4 rings (SSSR count). The fourth-order valence-electron chi connectivity index (χ4n) is 4.25. The lowest BCUT2D eigenvalue weighted by Crippen LogP contribution is -2.35. The summed E-state index contributed by atoms with van der Waals surface area (Å²) < 4.78 is 5.45. The van der Waals surface area contributed by atoms with Gasteiger partial charge in [0, 0.05) is 49.1 Å². The highest BCUT2D eigenvalue weighted by Gasteiger charge is 2.26. The van der Waals surface area contributed by atoms with Crippen molar-refractivity contribution in [3.05, 3.63) is 59.2 Å². The second-order valence-corrected chi connectivity index (χ2v) is 7.84. The van der Waals surface area contributed by atoms with Crippen molar-refractivity contribution < 1.29 is 4.74 Å². The number of hydrogen-bond donors (Lipinski definition) is 0. The Morgan fingerprint density at radius 3 is 3.00 bits per heavy atom. The smallest absolute Gasteiger partial charge is 0.145 e. The molecule has 2 aromatic rings. The fourth-order valence-corrected chi connectivity index (χ4v) is 4.25. The lowest BCUT2D eigenvalue weighted by atomic mass is 10.0. The predicted molar refractivity (Wildman–Crippen MR) is 112 cm³/mol. The van der Waals surface area contributed by atoms with Crippen LogP contribution in [0.5, 0.6) is 5.75 Å². The van der Waals surface area contributed by atoms with Gasteiger partial charge in [-0.15, -0.1) is 0 Å². The molecule has 0 amide bonds. The number of hydrogen-bond acceptors (Lipinski definition) is 5. The normalized spacial score (nSPS) is 21.0. The number of piperidine rings is 1. The Labute approximate surface area is 168 Å². The van der Waals surface area contributed by atoms with Crippen LogP contribution in [0.15, 0.2) is 36.5 Å². The van der Waals surface area contributed by atoms with Gasteiger partial charge in [0.25, 0.3) is 0 Å². The minimum atomic E-state index is 0.320. The van der Waals surface area contributed by atoms with E-state index in [1.165, 1.54) is 24.1 Å². The Morgan fingerprint density at radius 1 is 1.21 bits per heavy atom. The molecule has 2 aliphatic heterocycles. The number of para-hydroxylation sites is 1. The van der Waals surface area contributed by atoms with Gasteiger partial charge in [-0.2, -0.15) is 0 Å². The number of rotatable bonds is 5. The molecule has 5 heteroatoms. The second kappa shape index (κ2) is 8.84. The van der Waals surface area contributed by atoms with Crippen molar-refractivity contribution in [2.75, 3.05) is 33.8 Å². The Bertz CT molecular complexity index is 835. The van der Waals surface area contributed by atoms with E-state index in [1.54, 1.807) is 7.11 Å². The van der Waals surface area contributed by atoms with Crippen LogP contribution in [0.25, 0.3) is 6.08 Å². The molecule has 2 aliphatic rings. The summed E-state index contributed by atoms with van der Waals surface area (Å²) in [7, 11) is 3.88. The van der Waals surface area contributed by atoms with E-state index in [2.05, 4.69) is 41.3 Å². The zero-order valence-electron chi connectivity index (χ0n) is 17.0. The van der Waals surface area contributed by atoms with Gasteiger partial charge in [0.1, 0.15) is 11.6 Å². The first-order valence-electron chi connectivity index (χ1n) is 10.3. The first-order chi connectivity index (χ1) is 13.7. The Balaban J connectivity index is 1.48. The Kier molecular flexibility index (Phi) is 6.03. The van der Waals surface area contributed by atoms with Crippen molar-refractivity contribution >= 4 is 6.08 Å². The van der Waals surface area contributed by atoms with Crippen LogP contribution < -0.4 is 4.74 Å². The van der Waals surface area contributed by atoms with Crippen molar-refractivity contribution in [2.45, 2.75) is 38.3 Å². The van der Waals surface area contributed by atoms with E-state index in [4.69, 9.17) is 14.7 Å². The summed E-state index contributed by atoms with van der Waals surface area (Å²) in [6.07, 6.45) is 11.1. The topological polar surface area (TPSA) is 41.5 Å². The molecular weight excluding hydrogens is 348 g/mol. The molecule has 1 fully saturated rings. The zero-order valence-corrected chi connectivity index (χ0v) is 17.0. The van der Waals surface area contributed by atoms with Gasteiger partial charge >= 0.3 is 0 Å². The third-order valence-electron chi connectivity index (χ3n) is 5.83. The van der Waals surface area contributed by atoms with E-state index in [9.17, 15) is 0 Å². The van der Waals surface area contributed by atoms with Crippen LogP contribution >= 0.6 is 0 Å². The second-order valence-electron chi connectivity index (χ2n) is 7.84. The highest BCUT2D eigenvalue weighted by molar-refractivity contribution is 5.57. The molecule has 28 heavy (non-hydrogen) atoms. The van der Waals surface area contributed by atoms with E-state index in [0.717, 1.165) is 56.2 Å². The van der Waals surface area contributed by atoms with Crippen LogP contribution in [0.2, 0.25) is 0 Å². The third-order valence-corrected chi connectivity index (χ3v) is 5.83. The van der Waals surface area contributed by atoms with Crippen LogP contribution in [-0.2, 0) is 13.0 Å². The summed E-state index contributed by atoms with van der Waals surface area (Å²) in [5.41, 5.74) is 3.65. The quantitative estimate of drug-likeness (QED) is 0.793. The molecule has 0 unspecified atom stereocenters. The number of likely N-dealkylation sites (tertiary alicyclic amines) is 1. The third kappa shape index (κ3) is 4.26. The van der Waals surface area contributed by atoms with Crippen molar-refractivity contribution in [3.63, 3.8) is 0 Å². The van der Waals surface area contributed by atoms with Crippen molar-refractivity contribution in [1.29, 1.82) is 0 Å². The first kappa shape index (κ1) is 19.1. The number of ether oxygens (including phenoxy) is 1. The van der Waals surface area contributed by atoms with Gasteiger partial charge in [0.05, 0.1) is 13.2 Å². The van der Waals surface area contributed by atoms with E-state index in [1.807, 2.05) is 18.2 Å². The van der Waals surface area contributed by atoms with Gasteiger partial charge in [-0.3, -0.25) is 4.90 Å². The van der Waals surface area contributed by atoms with Gasteiger partial charge < -0.3 is 9.64 Å². The average Bonchev–Trinajstić information content (AvgIpc) is 2.74.